The Hall–Kier alpha value is -1.97. The summed E-state index contributed by atoms with van der Waals surface area (Å²) in [6.45, 7) is 5.35. The van der Waals surface area contributed by atoms with Crippen LogP contribution in [-0.4, -0.2) is 49.0 Å². The molecule has 3 aromatic rings. The van der Waals surface area contributed by atoms with Crippen molar-refractivity contribution in [2.24, 2.45) is 0 Å². The van der Waals surface area contributed by atoms with E-state index in [1.807, 2.05) is 18.2 Å². The van der Waals surface area contributed by atoms with Gasteiger partial charge in [-0.15, -0.1) is 0 Å². The van der Waals surface area contributed by atoms with E-state index in [0.29, 0.717) is 37.6 Å². The fourth-order valence-electron chi connectivity index (χ4n) is 3.09. The van der Waals surface area contributed by atoms with E-state index in [-0.39, 0.29) is 4.90 Å². The topological polar surface area (TPSA) is 79.5 Å². The van der Waals surface area contributed by atoms with Gasteiger partial charge in [0, 0.05) is 26.2 Å². The van der Waals surface area contributed by atoms with Gasteiger partial charge in [0.25, 0.3) is 0 Å². The van der Waals surface area contributed by atoms with Crippen LogP contribution in [-0.2, 0) is 10.0 Å². The summed E-state index contributed by atoms with van der Waals surface area (Å²) in [4.78, 5) is 6.99. The molecule has 0 saturated carbocycles. The average molecular weight is 378 g/mol. The van der Waals surface area contributed by atoms with E-state index in [1.165, 1.54) is 4.31 Å². The van der Waals surface area contributed by atoms with Crippen LogP contribution in [0.3, 0.4) is 0 Å². The third-order valence-electron chi connectivity index (χ3n) is 4.36. The van der Waals surface area contributed by atoms with Crippen LogP contribution in [0.5, 0.6) is 0 Å². The highest BCUT2D eigenvalue weighted by Gasteiger charge is 2.33. The first-order valence-corrected chi connectivity index (χ1v) is 10.3. The Morgan fingerprint density at radius 3 is 2.48 bits per heavy atom. The van der Waals surface area contributed by atoms with Crippen LogP contribution in [0.1, 0.15) is 11.5 Å². The number of hydrogen-bond acceptors (Lipinski definition) is 7. The first kappa shape index (κ1) is 16.5. The molecule has 0 bridgehead atoms. The Morgan fingerprint density at radius 2 is 1.84 bits per heavy atom. The molecule has 25 heavy (non-hydrogen) atoms. The number of sulfonamides is 1. The van der Waals surface area contributed by atoms with Gasteiger partial charge in [-0.25, -0.2) is 13.4 Å². The molecule has 1 aliphatic rings. The van der Waals surface area contributed by atoms with Gasteiger partial charge >= 0.3 is 0 Å². The van der Waals surface area contributed by atoms with Crippen molar-refractivity contribution >= 4 is 36.7 Å². The van der Waals surface area contributed by atoms with Gasteiger partial charge in [0.2, 0.25) is 10.0 Å². The zero-order valence-corrected chi connectivity index (χ0v) is 15.6. The Morgan fingerprint density at radius 1 is 1.12 bits per heavy atom. The van der Waals surface area contributed by atoms with Crippen molar-refractivity contribution in [2.45, 2.75) is 18.7 Å². The van der Waals surface area contributed by atoms with Gasteiger partial charge < -0.3 is 9.42 Å². The van der Waals surface area contributed by atoms with E-state index in [2.05, 4.69) is 21.1 Å². The van der Waals surface area contributed by atoms with Crippen molar-refractivity contribution in [3.05, 3.63) is 35.7 Å². The molecule has 1 aromatic carbocycles. The number of nitrogens with zero attached hydrogens (tertiary/aromatic N) is 4. The second-order valence-electron chi connectivity index (χ2n) is 6.01. The molecule has 1 saturated heterocycles. The smallest absolute Gasteiger partial charge is 0.248 e. The molecule has 3 heterocycles. The van der Waals surface area contributed by atoms with E-state index in [0.717, 1.165) is 15.3 Å². The maximum atomic E-state index is 12.9. The van der Waals surface area contributed by atoms with Gasteiger partial charge in [0.15, 0.2) is 10.9 Å². The second-order valence-corrected chi connectivity index (χ2v) is 8.89. The highest BCUT2D eigenvalue weighted by Crippen LogP contribution is 2.30. The standard InChI is InChI=1S/C16H18N4O3S2/c1-11-15(12(2)23-18-11)25(21,22)20-9-7-19(8-10-20)16-17-13-5-3-4-6-14(13)24-16/h3-6H,7-10H2,1-2H3. The number of thiazole rings is 1. The summed E-state index contributed by atoms with van der Waals surface area (Å²) in [5.74, 6) is 0.339. The average Bonchev–Trinajstić information content (AvgIpc) is 3.18. The fourth-order valence-corrected chi connectivity index (χ4v) is 5.82. The summed E-state index contributed by atoms with van der Waals surface area (Å²) < 4.78 is 33.4. The Labute approximate surface area is 149 Å². The van der Waals surface area contributed by atoms with Gasteiger partial charge in [-0.1, -0.05) is 28.6 Å². The summed E-state index contributed by atoms with van der Waals surface area (Å²) in [6.07, 6.45) is 0. The maximum absolute atomic E-state index is 12.9. The lowest BCUT2D eigenvalue weighted by molar-refractivity contribution is 0.378. The zero-order valence-electron chi connectivity index (χ0n) is 14.0. The predicted molar refractivity (Wildman–Crippen MR) is 96.6 cm³/mol. The molecule has 0 radical (unpaired) electrons. The van der Waals surface area contributed by atoms with Crippen molar-refractivity contribution in [2.75, 3.05) is 31.1 Å². The molecule has 0 atom stereocenters. The largest absolute Gasteiger partial charge is 0.360 e. The van der Waals surface area contributed by atoms with Crippen molar-refractivity contribution in [3.63, 3.8) is 0 Å². The Bertz CT molecular complexity index is 965. The lowest BCUT2D eigenvalue weighted by Crippen LogP contribution is -2.48. The summed E-state index contributed by atoms with van der Waals surface area (Å²) in [5, 5.41) is 4.70. The first-order valence-electron chi connectivity index (χ1n) is 8.00. The van der Waals surface area contributed by atoms with Gasteiger partial charge in [-0.3, -0.25) is 0 Å². The minimum absolute atomic E-state index is 0.195. The quantitative estimate of drug-likeness (QED) is 0.696. The van der Waals surface area contributed by atoms with Crippen molar-refractivity contribution < 1.29 is 12.9 Å². The molecule has 0 amide bonds. The number of aryl methyl sites for hydroxylation is 2. The molecular weight excluding hydrogens is 360 g/mol. The summed E-state index contributed by atoms with van der Waals surface area (Å²) in [7, 11) is -3.58. The molecule has 0 unspecified atom stereocenters. The number of fused-ring (bicyclic) bond motifs is 1. The number of para-hydroxylation sites is 1. The van der Waals surface area contributed by atoms with Crippen molar-refractivity contribution in [1.29, 1.82) is 0 Å². The van der Waals surface area contributed by atoms with Crippen LogP contribution in [0, 0.1) is 13.8 Å². The SMILES string of the molecule is Cc1noc(C)c1S(=O)(=O)N1CCN(c2nc3ccccc3s2)CC1. The third kappa shape index (κ3) is 2.82. The molecule has 4 rings (SSSR count). The van der Waals surface area contributed by atoms with Crippen LogP contribution in [0.2, 0.25) is 0 Å². The molecule has 7 nitrogen and oxygen atoms in total. The van der Waals surface area contributed by atoms with E-state index in [4.69, 9.17) is 4.52 Å². The normalized spacial score (nSPS) is 16.6. The van der Waals surface area contributed by atoms with Crippen LogP contribution in [0.4, 0.5) is 5.13 Å². The van der Waals surface area contributed by atoms with Gasteiger partial charge in [-0.05, 0) is 26.0 Å². The van der Waals surface area contributed by atoms with Crippen molar-refractivity contribution in [1.82, 2.24) is 14.4 Å². The highest BCUT2D eigenvalue weighted by molar-refractivity contribution is 7.89. The molecule has 1 aliphatic heterocycles. The van der Waals surface area contributed by atoms with E-state index in [1.54, 1.807) is 25.2 Å². The summed E-state index contributed by atoms with van der Waals surface area (Å²) in [6, 6.07) is 8.01. The summed E-state index contributed by atoms with van der Waals surface area (Å²) in [5.41, 5.74) is 1.39. The maximum Gasteiger partial charge on any atom is 0.248 e. The van der Waals surface area contributed by atoms with E-state index < -0.39 is 10.0 Å². The lowest BCUT2D eigenvalue weighted by atomic mass is 10.3. The molecule has 2 aromatic heterocycles. The van der Waals surface area contributed by atoms with Gasteiger partial charge in [-0.2, -0.15) is 4.31 Å². The van der Waals surface area contributed by atoms with E-state index >= 15 is 0 Å². The molecule has 1 fully saturated rings. The van der Waals surface area contributed by atoms with Gasteiger partial charge in [0.1, 0.15) is 10.6 Å². The molecular formula is C16H18N4O3S2. The number of aromatic nitrogens is 2. The van der Waals surface area contributed by atoms with Crippen LogP contribution in [0.15, 0.2) is 33.7 Å². The summed E-state index contributed by atoms with van der Waals surface area (Å²) >= 11 is 1.64. The monoisotopic (exact) mass is 378 g/mol. The second kappa shape index (κ2) is 6.08. The predicted octanol–water partition coefficient (Wildman–Crippen LogP) is 2.41. The van der Waals surface area contributed by atoms with Crippen LogP contribution >= 0.6 is 11.3 Å². The molecule has 0 spiro atoms. The van der Waals surface area contributed by atoms with Crippen LogP contribution in [0.25, 0.3) is 10.2 Å². The Balaban J connectivity index is 1.53. The first-order chi connectivity index (χ1) is 12.0. The lowest BCUT2D eigenvalue weighted by Gasteiger charge is -2.33. The van der Waals surface area contributed by atoms with Gasteiger partial charge in [0.05, 0.1) is 10.2 Å². The Kier molecular flexibility index (Phi) is 4.01. The van der Waals surface area contributed by atoms with E-state index in [9.17, 15) is 8.42 Å². The third-order valence-corrected chi connectivity index (χ3v) is 7.60. The fraction of sp³-hybridized carbons (Fsp3) is 0.375. The number of benzene rings is 1. The molecule has 0 N–H and O–H groups in total. The highest BCUT2D eigenvalue weighted by atomic mass is 32.2. The number of anilines is 1. The number of piperazine rings is 1. The molecule has 0 aliphatic carbocycles. The molecule has 9 heteroatoms. The minimum atomic E-state index is -3.58. The molecule has 132 valence electrons. The number of hydrogen-bond donors (Lipinski definition) is 0. The number of rotatable bonds is 3. The van der Waals surface area contributed by atoms with Crippen molar-refractivity contribution in [3.8, 4) is 0 Å². The minimum Gasteiger partial charge on any atom is -0.360 e. The van der Waals surface area contributed by atoms with Crippen LogP contribution < -0.4 is 4.90 Å². The zero-order chi connectivity index (χ0) is 17.6.